The van der Waals surface area contributed by atoms with E-state index >= 15 is 0 Å². The molecular formula is C8H13NS. The molecule has 1 unspecified atom stereocenters. The first kappa shape index (κ1) is 7.73. The summed E-state index contributed by atoms with van der Waals surface area (Å²) in [6.07, 6.45) is 7.48. The molecule has 1 aliphatic heterocycles. The maximum absolute atomic E-state index is 4.18. The van der Waals surface area contributed by atoms with Crippen molar-refractivity contribution in [3.63, 3.8) is 0 Å². The summed E-state index contributed by atoms with van der Waals surface area (Å²) >= 11 is 4.18. The van der Waals surface area contributed by atoms with Gasteiger partial charge in [-0.2, -0.15) is 12.6 Å². The topological polar surface area (TPSA) is 12.0 Å². The Morgan fingerprint density at radius 2 is 2.50 bits per heavy atom. The van der Waals surface area contributed by atoms with Gasteiger partial charge >= 0.3 is 0 Å². The Bertz CT molecular complexity index is 161. The molecule has 0 saturated carbocycles. The lowest BCUT2D eigenvalue weighted by molar-refractivity contribution is 0.643. The zero-order valence-electron chi connectivity index (χ0n) is 6.17. The minimum absolute atomic E-state index is 0.521. The summed E-state index contributed by atoms with van der Waals surface area (Å²) in [5.74, 6) is 0.806. The lowest BCUT2D eigenvalue weighted by atomic mass is 10.1. The van der Waals surface area contributed by atoms with E-state index in [0.29, 0.717) is 6.04 Å². The van der Waals surface area contributed by atoms with Crippen LogP contribution >= 0.6 is 12.6 Å². The Labute approximate surface area is 67.6 Å². The molecule has 10 heavy (non-hydrogen) atoms. The Hall–Kier alpha value is -0.370. The molecular weight excluding hydrogens is 142 g/mol. The van der Waals surface area contributed by atoms with Gasteiger partial charge in [0.1, 0.15) is 0 Å². The van der Waals surface area contributed by atoms with E-state index in [1.165, 1.54) is 5.70 Å². The molecule has 0 aliphatic carbocycles. The quantitative estimate of drug-likeness (QED) is 0.579. The van der Waals surface area contributed by atoms with Gasteiger partial charge in [-0.3, -0.25) is 0 Å². The van der Waals surface area contributed by atoms with Gasteiger partial charge in [0.05, 0.1) is 0 Å². The van der Waals surface area contributed by atoms with Gasteiger partial charge in [-0.25, -0.2) is 0 Å². The number of hydrogen-bond acceptors (Lipinski definition) is 2. The molecule has 56 valence electrons. The molecule has 0 aromatic carbocycles. The van der Waals surface area contributed by atoms with Crippen molar-refractivity contribution in [3.05, 3.63) is 23.9 Å². The van der Waals surface area contributed by atoms with Crippen molar-refractivity contribution in [2.24, 2.45) is 0 Å². The molecule has 1 nitrogen and oxygen atoms in total. The highest BCUT2D eigenvalue weighted by Crippen LogP contribution is 2.05. The monoisotopic (exact) mass is 155 g/mol. The summed E-state index contributed by atoms with van der Waals surface area (Å²) in [5, 5.41) is 3.35. The zero-order valence-corrected chi connectivity index (χ0v) is 7.07. The van der Waals surface area contributed by atoms with Gasteiger partial charge in [-0.1, -0.05) is 19.1 Å². The van der Waals surface area contributed by atoms with E-state index in [2.05, 4.69) is 43.1 Å². The van der Waals surface area contributed by atoms with E-state index in [1.54, 1.807) is 0 Å². The van der Waals surface area contributed by atoms with Gasteiger partial charge in [0.25, 0.3) is 0 Å². The summed E-state index contributed by atoms with van der Waals surface area (Å²) < 4.78 is 0. The fraction of sp³-hybridized carbons (Fsp3) is 0.500. The maximum Gasteiger partial charge on any atom is 0.0442 e. The Kier molecular flexibility index (Phi) is 2.87. The molecule has 0 spiro atoms. The predicted octanol–water partition coefficient (Wildman–Crippen LogP) is 1.74. The SMILES string of the molecule is CCC1C=CC=C(CS)N1. The van der Waals surface area contributed by atoms with Crippen LogP contribution in [0.3, 0.4) is 0 Å². The van der Waals surface area contributed by atoms with E-state index in [4.69, 9.17) is 0 Å². The summed E-state index contributed by atoms with van der Waals surface area (Å²) in [5.41, 5.74) is 1.22. The number of nitrogens with one attached hydrogen (secondary N) is 1. The second kappa shape index (κ2) is 3.71. The van der Waals surface area contributed by atoms with Crippen molar-refractivity contribution in [2.75, 3.05) is 5.75 Å². The van der Waals surface area contributed by atoms with E-state index < -0.39 is 0 Å². The van der Waals surface area contributed by atoms with Crippen LogP contribution in [0, 0.1) is 0 Å². The lowest BCUT2D eigenvalue weighted by Crippen LogP contribution is -2.28. The van der Waals surface area contributed by atoms with E-state index in [9.17, 15) is 0 Å². The van der Waals surface area contributed by atoms with Crippen LogP contribution in [-0.2, 0) is 0 Å². The van der Waals surface area contributed by atoms with E-state index in [1.807, 2.05) is 0 Å². The molecule has 0 radical (unpaired) electrons. The molecule has 1 atom stereocenters. The first-order valence-electron chi connectivity index (χ1n) is 3.61. The first-order chi connectivity index (χ1) is 4.86. The maximum atomic E-state index is 4.18. The minimum atomic E-state index is 0.521. The molecule has 1 N–H and O–H groups in total. The zero-order chi connectivity index (χ0) is 7.40. The number of rotatable bonds is 2. The third-order valence-corrected chi connectivity index (χ3v) is 1.96. The average molecular weight is 155 g/mol. The molecule has 0 saturated heterocycles. The molecule has 0 aromatic heterocycles. The molecule has 1 rings (SSSR count). The van der Waals surface area contributed by atoms with Crippen molar-refractivity contribution in [3.8, 4) is 0 Å². The first-order valence-corrected chi connectivity index (χ1v) is 4.24. The fourth-order valence-electron chi connectivity index (χ4n) is 0.977. The highest BCUT2D eigenvalue weighted by molar-refractivity contribution is 7.80. The number of dihydropyridines is 1. The van der Waals surface area contributed by atoms with Gasteiger partial charge in [-0.05, 0) is 12.5 Å². The third-order valence-electron chi connectivity index (χ3n) is 1.62. The van der Waals surface area contributed by atoms with Crippen LogP contribution in [-0.4, -0.2) is 11.8 Å². The van der Waals surface area contributed by atoms with Crippen molar-refractivity contribution in [1.82, 2.24) is 5.32 Å². The number of hydrogen-bond donors (Lipinski definition) is 2. The van der Waals surface area contributed by atoms with Gasteiger partial charge < -0.3 is 5.32 Å². The standard InChI is InChI=1S/C8H13NS/c1-2-7-4-3-5-8(6-10)9-7/h3-5,7,9-10H,2,6H2,1H3. The van der Waals surface area contributed by atoms with Crippen molar-refractivity contribution < 1.29 is 0 Å². The summed E-state index contributed by atoms with van der Waals surface area (Å²) in [7, 11) is 0. The highest BCUT2D eigenvalue weighted by Gasteiger charge is 2.04. The lowest BCUT2D eigenvalue weighted by Gasteiger charge is -2.18. The molecule has 0 bridgehead atoms. The molecule has 0 aromatic rings. The van der Waals surface area contributed by atoms with E-state index in [0.717, 1.165) is 12.2 Å². The molecule has 1 aliphatic rings. The largest absolute Gasteiger partial charge is 0.381 e. The third kappa shape index (κ3) is 1.81. The summed E-state index contributed by atoms with van der Waals surface area (Å²) in [6.45, 7) is 2.17. The van der Waals surface area contributed by atoms with Crippen LogP contribution in [0.4, 0.5) is 0 Å². The fourth-order valence-corrected chi connectivity index (χ4v) is 1.17. The molecule has 0 fully saturated rings. The smallest absolute Gasteiger partial charge is 0.0442 e. The summed E-state index contributed by atoms with van der Waals surface area (Å²) in [6, 6.07) is 0.521. The van der Waals surface area contributed by atoms with Crippen molar-refractivity contribution >= 4 is 12.6 Å². The molecule has 2 heteroatoms. The van der Waals surface area contributed by atoms with Crippen LogP contribution < -0.4 is 5.32 Å². The van der Waals surface area contributed by atoms with Gasteiger partial charge in [-0.15, -0.1) is 0 Å². The van der Waals surface area contributed by atoms with Gasteiger partial charge in [0.15, 0.2) is 0 Å². The second-order valence-electron chi connectivity index (χ2n) is 2.39. The van der Waals surface area contributed by atoms with Gasteiger partial charge in [0.2, 0.25) is 0 Å². The second-order valence-corrected chi connectivity index (χ2v) is 2.71. The number of allylic oxidation sites excluding steroid dienone is 2. The Morgan fingerprint density at radius 1 is 1.70 bits per heavy atom. The van der Waals surface area contributed by atoms with Gasteiger partial charge in [0, 0.05) is 17.5 Å². The summed E-state index contributed by atoms with van der Waals surface area (Å²) in [4.78, 5) is 0. The van der Waals surface area contributed by atoms with Crippen molar-refractivity contribution in [2.45, 2.75) is 19.4 Å². The normalized spacial score (nSPS) is 23.8. The van der Waals surface area contributed by atoms with E-state index in [-0.39, 0.29) is 0 Å². The number of thiol groups is 1. The molecule has 1 heterocycles. The predicted molar refractivity (Wildman–Crippen MR) is 48.3 cm³/mol. The minimum Gasteiger partial charge on any atom is -0.381 e. The Morgan fingerprint density at radius 3 is 3.10 bits per heavy atom. The Balaban J connectivity index is 2.50. The van der Waals surface area contributed by atoms with Crippen LogP contribution in [0.15, 0.2) is 23.9 Å². The van der Waals surface area contributed by atoms with Crippen molar-refractivity contribution in [1.29, 1.82) is 0 Å². The van der Waals surface area contributed by atoms with Crippen LogP contribution in [0.5, 0.6) is 0 Å². The van der Waals surface area contributed by atoms with Crippen LogP contribution in [0.2, 0.25) is 0 Å². The average Bonchev–Trinajstić information content (AvgIpc) is 2.05. The van der Waals surface area contributed by atoms with Crippen LogP contribution in [0.25, 0.3) is 0 Å². The molecule has 0 amide bonds. The van der Waals surface area contributed by atoms with Crippen LogP contribution in [0.1, 0.15) is 13.3 Å². The highest BCUT2D eigenvalue weighted by atomic mass is 32.1.